The molecule has 30 heavy (non-hydrogen) atoms. The van der Waals surface area contributed by atoms with E-state index in [1.807, 2.05) is 6.92 Å². The van der Waals surface area contributed by atoms with Crippen LogP contribution in [-0.2, 0) is 28.9 Å². The molecule has 1 atom stereocenters. The highest BCUT2D eigenvalue weighted by molar-refractivity contribution is 7.86. The summed E-state index contributed by atoms with van der Waals surface area (Å²) in [5.74, 6) is -1.16. The van der Waals surface area contributed by atoms with Crippen LogP contribution in [0.1, 0.15) is 84.5 Å². The highest BCUT2D eigenvalue weighted by Gasteiger charge is 2.26. The first-order valence-electron chi connectivity index (χ1n) is 10.9. The normalized spacial score (nSPS) is 12.3. The van der Waals surface area contributed by atoms with E-state index in [1.54, 1.807) is 6.07 Å². The fraction of sp³-hybridized carbons (Fsp3) is 0.636. The average Bonchev–Trinajstić information content (AvgIpc) is 2.75. The zero-order valence-electron chi connectivity index (χ0n) is 18.1. The molecule has 0 radical (unpaired) electrons. The Kier molecular flexibility index (Phi) is 13.0. The van der Waals surface area contributed by atoms with E-state index in [4.69, 9.17) is 0 Å². The van der Waals surface area contributed by atoms with Crippen LogP contribution in [0.4, 0.5) is 0 Å². The number of amides is 1. The summed E-state index contributed by atoms with van der Waals surface area (Å²) in [7, 11) is -4.22. The van der Waals surface area contributed by atoms with Crippen LogP contribution >= 0.6 is 0 Å². The molecule has 0 aliphatic rings. The standard InChI is InChI=1S/C22H35NO6S/c1-3-5-7-8-9-10-14-18-21(24)23-20(17-6-4-2)22(25)28-29-30(26,27)19-15-12-11-13-16-19/h11-13,15-16,20H,3-10,14,17-18H2,1-2H3,(H,23,24). The quantitative estimate of drug-likeness (QED) is 0.227. The number of benzene rings is 1. The molecule has 170 valence electrons. The van der Waals surface area contributed by atoms with Gasteiger partial charge < -0.3 is 5.32 Å². The van der Waals surface area contributed by atoms with Gasteiger partial charge in [0, 0.05) is 6.42 Å². The number of unbranched alkanes of at least 4 members (excludes halogenated alkanes) is 7. The summed E-state index contributed by atoms with van der Waals surface area (Å²) < 4.78 is 28.6. The van der Waals surface area contributed by atoms with Gasteiger partial charge in [-0.2, -0.15) is 8.42 Å². The summed E-state index contributed by atoms with van der Waals surface area (Å²) in [4.78, 5) is 29.0. The zero-order chi connectivity index (χ0) is 22.2. The molecule has 1 N–H and O–H groups in total. The molecule has 0 saturated heterocycles. The summed E-state index contributed by atoms with van der Waals surface area (Å²) in [6, 6.07) is 6.46. The van der Waals surface area contributed by atoms with Crippen molar-refractivity contribution in [2.75, 3.05) is 0 Å². The number of hydrogen-bond donors (Lipinski definition) is 1. The van der Waals surface area contributed by atoms with E-state index in [9.17, 15) is 18.0 Å². The molecule has 1 amide bonds. The molecule has 1 unspecified atom stereocenters. The molecule has 0 spiro atoms. The Bertz CT molecular complexity index is 720. The maximum atomic E-state index is 12.3. The van der Waals surface area contributed by atoms with Crippen LogP contribution in [0.5, 0.6) is 0 Å². The van der Waals surface area contributed by atoms with E-state index in [-0.39, 0.29) is 10.8 Å². The van der Waals surface area contributed by atoms with Gasteiger partial charge in [0.2, 0.25) is 5.91 Å². The van der Waals surface area contributed by atoms with Gasteiger partial charge in [-0.1, -0.05) is 83.4 Å². The average molecular weight is 442 g/mol. The van der Waals surface area contributed by atoms with E-state index < -0.39 is 22.1 Å². The lowest BCUT2D eigenvalue weighted by molar-refractivity contribution is -0.214. The monoisotopic (exact) mass is 441 g/mol. The van der Waals surface area contributed by atoms with Gasteiger partial charge in [0.05, 0.1) is 4.90 Å². The second kappa shape index (κ2) is 15.0. The predicted molar refractivity (Wildman–Crippen MR) is 115 cm³/mol. The predicted octanol–water partition coefficient (Wildman–Crippen LogP) is 4.67. The van der Waals surface area contributed by atoms with Gasteiger partial charge >= 0.3 is 16.1 Å². The van der Waals surface area contributed by atoms with E-state index in [0.29, 0.717) is 19.3 Å². The Morgan fingerprint density at radius 1 is 0.900 bits per heavy atom. The van der Waals surface area contributed by atoms with Gasteiger partial charge in [0.15, 0.2) is 0 Å². The molecule has 1 aromatic carbocycles. The second-order valence-corrected chi connectivity index (χ2v) is 8.89. The maximum Gasteiger partial charge on any atom is 0.365 e. The Morgan fingerprint density at radius 2 is 1.50 bits per heavy atom. The largest absolute Gasteiger partial charge is 0.365 e. The molecule has 1 rings (SSSR count). The van der Waals surface area contributed by atoms with Crippen LogP contribution in [-0.4, -0.2) is 26.3 Å². The lowest BCUT2D eigenvalue weighted by atomic mass is 10.1. The minimum Gasteiger partial charge on any atom is -0.343 e. The van der Waals surface area contributed by atoms with Crippen LogP contribution < -0.4 is 5.32 Å². The molecule has 0 saturated carbocycles. The Balaban J connectivity index is 2.47. The zero-order valence-corrected chi connectivity index (χ0v) is 18.9. The minimum absolute atomic E-state index is 0.120. The lowest BCUT2D eigenvalue weighted by Gasteiger charge is -2.16. The first-order valence-corrected chi connectivity index (χ1v) is 12.3. The van der Waals surface area contributed by atoms with Crippen LogP contribution in [0.25, 0.3) is 0 Å². The molecule has 0 aromatic heterocycles. The molecular weight excluding hydrogens is 406 g/mol. The SMILES string of the molecule is CCCCCCCCCC(=O)NC(CCCC)C(=O)OOS(=O)(=O)c1ccccc1. The van der Waals surface area contributed by atoms with Crippen molar-refractivity contribution in [1.29, 1.82) is 0 Å². The summed E-state index contributed by atoms with van der Waals surface area (Å²) in [5, 5.41) is 2.65. The Hall–Kier alpha value is -1.93. The first kappa shape index (κ1) is 26.1. The first-order chi connectivity index (χ1) is 14.4. The smallest absolute Gasteiger partial charge is 0.343 e. The molecule has 0 aliphatic heterocycles. The number of rotatable bonds is 16. The molecule has 0 heterocycles. The molecule has 0 aliphatic carbocycles. The van der Waals surface area contributed by atoms with Crippen molar-refractivity contribution in [3.8, 4) is 0 Å². The van der Waals surface area contributed by atoms with Crippen LogP contribution in [0.3, 0.4) is 0 Å². The summed E-state index contributed by atoms with van der Waals surface area (Å²) in [6.07, 6.45) is 9.85. The molecule has 0 bridgehead atoms. The molecule has 7 nitrogen and oxygen atoms in total. The van der Waals surface area contributed by atoms with Crippen molar-refractivity contribution >= 4 is 22.0 Å². The molecule has 1 aromatic rings. The van der Waals surface area contributed by atoms with Crippen molar-refractivity contribution in [2.24, 2.45) is 0 Å². The van der Waals surface area contributed by atoms with E-state index in [2.05, 4.69) is 21.5 Å². The van der Waals surface area contributed by atoms with Gasteiger partial charge in [0.25, 0.3) is 0 Å². The van der Waals surface area contributed by atoms with Gasteiger partial charge in [-0.3, -0.25) is 9.68 Å². The molecular formula is C22H35NO6S. The number of carbonyl (C=O) groups is 2. The number of nitrogens with one attached hydrogen (secondary N) is 1. The summed E-state index contributed by atoms with van der Waals surface area (Å²) >= 11 is 0. The third kappa shape index (κ3) is 10.7. The molecule has 8 heteroatoms. The second-order valence-electron chi connectivity index (χ2n) is 7.37. The number of carbonyl (C=O) groups excluding carboxylic acids is 2. The third-order valence-corrected chi connectivity index (χ3v) is 5.81. The Labute approximate surface area is 180 Å². The van der Waals surface area contributed by atoms with E-state index in [1.165, 1.54) is 49.9 Å². The molecule has 0 fully saturated rings. The third-order valence-electron chi connectivity index (χ3n) is 4.71. The van der Waals surface area contributed by atoms with Crippen molar-refractivity contribution in [3.05, 3.63) is 30.3 Å². The van der Waals surface area contributed by atoms with Gasteiger partial charge in [-0.05, 0) is 29.3 Å². The van der Waals surface area contributed by atoms with Gasteiger partial charge in [-0.25, -0.2) is 4.79 Å². The number of hydrogen-bond acceptors (Lipinski definition) is 6. The van der Waals surface area contributed by atoms with Crippen molar-refractivity contribution in [1.82, 2.24) is 5.32 Å². The minimum atomic E-state index is -4.22. The fourth-order valence-electron chi connectivity index (χ4n) is 2.93. The Morgan fingerprint density at radius 3 is 2.13 bits per heavy atom. The van der Waals surface area contributed by atoms with Crippen molar-refractivity contribution in [3.63, 3.8) is 0 Å². The van der Waals surface area contributed by atoms with Crippen LogP contribution in [0, 0.1) is 0 Å². The van der Waals surface area contributed by atoms with Crippen molar-refractivity contribution < 1.29 is 27.2 Å². The fourth-order valence-corrected chi connectivity index (χ4v) is 3.65. The van der Waals surface area contributed by atoms with Gasteiger partial charge in [-0.15, -0.1) is 0 Å². The van der Waals surface area contributed by atoms with E-state index >= 15 is 0 Å². The summed E-state index contributed by atoms with van der Waals surface area (Å²) in [5.41, 5.74) is 0. The van der Waals surface area contributed by atoms with Gasteiger partial charge in [0.1, 0.15) is 6.04 Å². The van der Waals surface area contributed by atoms with Crippen LogP contribution in [0.2, 0.25) is 0 Å². The van der Waals surface area contributed by atoms with E-state index in [0.717, 1.165) is 25.7 Å². The lowest BCUT2D eigenvalue weighted by Crippen LogP contribution is -2.42. The maximum absolute atomic E-state index is 12.3. The van der Waals surface area contributed by atoms with Crippen molar-refractivity contribution in [2.45, 2.75) is 95.4 Å². The highest BCUT2D eigenvalue weighted by atomic mass is 32.2. The summed E-state index contributed by atoms with van der Waals surface area (Å²) in [6.45, 7) is 4.13. The van der Waals surface area contributed by atoms with Crippen LogP contribution in [0.15, 0.2) is 35.2 Å². The highest BCUT2D eigenvalue weighted by Crippen LogP contribution is 2.13. The topological polar surface area (TPSA) is 98.8 Å².